The maximum absolute atomic E-state index is 13.6. The lowest BCUT2D eigenvalue weighted by molar-refractivity contribution is -0.132. The number of fused-ring (bicyclic) bond motifs is 1. The van der Waals surface area contributed by atoms with Gasteiger partial charge in [-0.2, -0.15) is 0 Å². The lowest BCUT2D eigenvalue weighted by Gasteiger charge is -2.45. The van der Waals surface area contributed by atoms with Gasteiger partial charge in [0, 0.05) is 35.8 Å². The summed E-state index contributed by atoms with van der Waals surface area (Å²) < 4.78 is 43.3. The highest BCUT2D eigenvalue weighted by Gasteiger charge is 2.53. The predicted molar refractivity (Wildman–Crippen MR) is 148 cm³/mol. The van der Waals surface area contributed by atoms with E-state index in [9.17, 15) is 18.4 Å². The second-order valence-electron chi connectivity index (χ2n) is 10.5. The van der Waals surface area contributed by atoms with Gasteiger partial charge in [-0.3, -0.25) is 4.79 Å². The molecular formula is C30H34F2N4O5. The van der Waals surface area contributed by atoms with Gasteiger partial charge in [0.2, 0.25) is 5.91 Å². The molecule has 1 aliphatic heterocycles. The van der Waals surface area contributed by atoms with Crippen molar-refractivity contribution in [3.8, 4) is 11.5 Å². The zero-order valence-electron chi connectivity index (χ0n) is 23.0. The molecule has 0 bridgehead atoms. The van der Waals surface area contributed by atoms with Crippen molar-refractivity contribution in [3.05, 3.63) is 77.8 Å². The third kappa shape index (κ3) is 6.00. The number of nitrogens with zero attached hydrogens (tertiary/aromatic N) is 1. The number of hydrogen-bond acceptors (Lipinski definition) is 6. The zero-order chi connectivity index (χ0) is 29.0. The van der Waals surface area contributed by atoms with Crippen molar-refractivity contribution in [2.75, 3.05) is 32.6 Å². The van der Waals surface area contributed by atoms with Crippen LogP contribution < -0.4 is 25.4 Å². The van der Waals surface area contributed by atoms with Gasteiger partial charge in [0.25, 0.3) is 0 Å². The van der Waals surface area contributed by atoms with Gasteiger partial charge in [0.1, 0.15) is 5.76 Å². The van der Waals surface area contributed by atoms with Crippen LogP contribution in [0.5, 0.6) is 11.5 Å². The van der Waals surface area contributed by atoms with Crippen LogP contribution in [0.1, 0.15) is 37.0 Å². The first-order valence-electron chi connectivity index (χ1n) is 13.6. The fourth-order valence-corrected chi connectivity index (χ4v) is 6.19. The number of anilines is 1. The fourth-order valence-electron chi connectivity index (χ4n) is 6.19. The molecule has 41 heavy (non-hydrogen) atoms. The molecule has 2 heterocycles. The van der Waals surface area contributed by atoms with Crippen LogP contribution in [0.15, 0.2) is 59.2 Å². The number of carbonyl (C=O) groups excluding carboxylic acids is 2. The Balaban J connectivity index is 1.34. The predicted octanol–water partition coefficient (Wildman–Crippen LogP) is 4.58. The van der Waals surface area contributed by atoms with E-state index in [0.717, 1.165) is 36.3 Å². The normalized spacial score (nSPS) is 21.7. The van der Waals surface area contributed by atoms with Crippen LogP contribution in [0.25, 0.3) is 0 Å². The average Bonchev–Trinajstić information content (AvgIpc) is 3.63. The summed E-state index contributed by atoms with van der Waals surface area (Å²) in [7, 11) is 3.19. The number of amides is 3. The summed E-state index contributed by atoms with van der Waals surface area (Å²) >= 11 is 0. The summed E-state index contributed by atoms with van der Waals surface area (Å²) in [5.74, 6) is -0.0697. The summed E-state index contributed by atoms with van der Waals surface area (Å²) in [6.45, 7) is 1.16. The molecule has 2 aromatic carbocycles. The third-order valence-corrected chi connectivity index (χ3v) is 8.21. The quantitative estimate of drug-likeness (QED) is 0.349. The lowest BCUT2D eigenvalue weighted by atomic mass is 9.65. The van der Waals surface area contributed by atoms with Gasteiger partial charge < -0.3 is 34.7 Å². The van der Waals surface area contributed by atoms with Crippen molar-refractivity contribution in [2.24, 2.45) is 0 Å². The molecule has 1 saturated carbocycles. The van der Waals surface area contributed by atoms with Crippen molar-refractivity contribution >= 4 is 17.6 Å². The van der Waals surface area contributed by atoms with Gasteiger partial charge in [-0.15, -0.1) is 0 Å². The molecule has 2 aliphatic rings. The Morgan fingerprint density at radius 1 is 1.05 bits per heavy atom. The molecule has 1 aromatic heterocycles. The molecule has 1 saturated heterocycles. The standard InChI is InChI=1S/C30H34F2N4O5/c1-39-25-8-5-19(14-26(25)40-2)30-10-9-21(35-29(38)34-20-6-7-23(31)24(32)15-20)16-27(30)36(12-11-30)28(37)18-33-17-22-4-3-13-41-22/h3-8,13-15,21,27,33H,9-12,16-18H2,1-2H3,(H2,34,35,38). The van der Waals surface area contributed by atoms with E-state index < -0.39 is 17.7 Å². The summed E-state index contributed by atoms with van der Waals surface area (Å²) in [6.07, 6.45) is 4.30. The molecule has 0 radical (unpaired) electrons. The number of likely N-dealkylation sites (tertiary alicyclic amines) is 1. The van der Waals surface area contributed by atoms with Crippen LogP contribution in [0.4, 0.5) is 19.3 Å². The van der Waals surface area contributed by atoms with Gasteiger partial charge in [-0.1, -0.05) is 6.07 Å². The fraction of sp³-hybridized carbons (Fsp3) is 0.400. The Labute approximate surface area is 237 Å². The average molecular weight is 569 g/mol. The number of carbonyl (C=O) groups is 2. The van der Waals surface area contributed by atoms with Crippen molar-refractivity contribution in [1.82, 2.24) is 15.5 Å². The van der Waals surface area contributed by atoms with Gasteiger partial charge in [0.15, 0.2) is 23.1 Å². The Kier molecular flexibility index (Phi) is 8.44. The number of furan rings is 1. The highest BCUT2D eigenvalue weighted by atomic mass is 19.2. The van der Waals surface area contributed by atoms with E-state index >= 15 is 0 Å². The van der Waals surface area contributed by atoms with Crippen molar-refractivity contribution in [2.45, 2.75) is 49.7 Å². The van der Waals surface area contributed by atoms with E-state index in [1.165, 1.54) is 6.07 Å². The Morgan fingerprint density at radius 3 is 2.61 bits per heavy atom. The van der Waals surface area contributed by atoms with Crippen molar-refractivity contribution < 1.29 is 32.3 Å². The molecule has 3 amide bonds. The molecule has 0 spiro atoms. The molecule has 3 aromatic rings. The SMILES string of the molecule is COc1ccc(C23CCC(NC(=O)Nc4ccc(F)c(F)c4)CC2N(C(=O)CNCc2ccco2)CC3)cc1OC. The largest absolute Gasteiger partial charge is 0.493 e. The highest BCUT2D eigenvalue weighted by molar-refractivity contribution is 5.89. The smallest absolute Gasteiger partial charge is 0.319 e. The Hall–Kier alpha value is -4.12. The maximum Gasteiger partial charge on any atom is 0.319 e. The van der Waals surface area contributed by atoms with E-state index in [1.807, 2.05) is 29.2 Å². The number of benzene rings is 2. The lowest BCUT2D eigenvalue weighted by Crippen LogP contribution is -2.55. The van der Waals surface area contributed by atoms with Gasteiger partial charge >= 0.3 is 6.03 Å². The summed E-state index contributed by atoms with van der Waals surface area (Å²) in [4.78, 5) is 28.2. The monoisotopic (exact) mass is 568 g/mol. The number of hydrogen-bond donors (Lipinski definition) is 3. The second kappa shape index (κ2) is 12.2. The molecule has 1 aliphatic carbocycles. The van der Waals surface area contributed by atoms with Crippen LogP contribution in [0.2, 0.25) is 0 Å². The maximum atomic E-state index is 13.6. The van der Waals surface area contributed by atoms with Gasteiger partial charge in [0.05, 0.1) is 33.6 Å². The van der Waals surface area contributed by atoms with E-state index in [-0.39, 0.29) is 35.6 Å². The number of halogens is 2. The van der Waals surface area contributed by atoms with E-state index in [0.29, 0.717) is 37.4 Å². The van der Waals surface area contributed by atoms with E-state index in [4.69, 9.17) is 13.9 Å². The van der Waals surface area contributed by atoms with Gasteiger partial charge in [-0.05, 0) is 67.6 Å². The molecule has 2 fully saturated rings. The summed E-state index contributed by atoms with van der Waals surface area (Å²) in [5, 5.41) is 8.71. The first-order valence-corrected chi connectivity index (χ1v) is 13.6. The van der Waals surface area contributed by atoms with Crippen LogP contribution in [-0.2, 0) is 16.8 Å². The second-order valence-corrected chi connectivity index (χ2v) is 10.5. The number of nitrogens with one attached hydrogen (secondary N) is 3. The summed E-state index contributed by atoms with van der Waals surface area (Å²) in [5.41, 5.74) is 0.881. The Morgan fingerprint density at radius 2 is 1.88 bits per heavy atom. The topological polar surface area (TPSA) is 105 Å². The molecule has 5 rings (SSSR count). The zero-order valence-corrected chi connectivity index (χ0v) is 23.0. The minimum atomic E-state index is -1.04. The van der Waals surface area contributed by atoms with Crippen LogP contribution >= 0.6 is 0 Å². The third-order valence-electron chi connectivity index (χ3n) is 8.21. The molecule has 9 nitrogen and oxygen atoms in total. The molecule has 3 unspecified atom stereocenters. The number of ether oxygens (including phenoxy) is 2. The molecule has 11 heteroatoms. The first-order chi connectivity index (χ1) is 19.8. The molecule has 3 atom stereocenters. The van der Waals surface area contributed by atoms with Crippen molar-refractivity contribution in [3.63, 3.8) is 0 Å². The van der Waals surface area contributed by atoms with Crippen LogP contribution in [-0.4, -0.2) is 56.2 Å². The highest BCUT2D eigenvalue weighted by Crippen LogP contribution is 2.50. The number of rotatable bonds is 9. The Bertz CT molecular complexity index is 1390. The van der Waals surface area contributed by atoms with E-state index in [2.05, 4.69) is 16.0 Å². The van der Waals surface area contributed by atoms with Gasteiger partial charge in [-0.25, -0.2) is 13.6 Å². The minimum absolute atomic E-state index is 0.0317. The molecular weight excluding hydrogens is 534 g/mol. The van der Waals surface area contributed by atoms with Crippen LogP contribution in [0, 0.1) is 11.6 Å². The first kappa shape index (κ1) is 28.4. The number of methoxy groups -OCH3 is 2. The van der Waals surface area contributed by atoms with Crippen LogP contribution in [0.3, 0.4) is 0 Å². The van der Waals surface area contributed by atoms with Crippen molar-refractivity contribution in [1.29, 1.82) is 0 Å². The summed E-state index contributed by atoms with van der Waals surface area (Å²) in [6, 6.07) is 11.8. The van der Waals surface area contributed by atoms with E-state index in [1.54, 1.807) is 26.5 Å². The molecule has 3 N–H and O–H groups in total. The minimum Gasteiger partial charge on any atom is -0.493 e. The molecule has 218 valence electrons. The number of urea groups is 1.